The summed E-state index contributed by atoms with van der Waals surface area (Å²) in [5.41, 5.74) is 2.69. The van der Waals surface area contributed by atoms with Gasteiger partial charge in [0.25, 0.3) is 0 Å². The number of aliphatic hydroxyl groups excluding tert-OH is 1. The Kier molecular flexibility index (Phi) is 4.83. The molecule has 1 unspecified atom stereocenters. The second-order valence-electron chi connectivity index (χ2n) is 4.75. The van der Waals surface area contributed by atoms with Crippen molar-refractivity contribution in [2.45, 2.75) is 46.1 Å². The highest BCUT2D eigenvalue weighted by molar-refractivity contribution is 5.25. The van der Waals surface area contributed by atoms with Gasteiger partial charge in [-0.2, -0.15) is 0 Å². The van der Waals surface area contributed by atoms with Crippen molar-refractivity contribution in [3.8, 4) is 0 Å². The van der Waals surface area contributed by atoms with Gasteiger partial charge in [-0.25, -0.2) is 0 Å². The Balaban J connectivity index is 2.40. The summed E-state index contributed by atoms with van der Waals surface area (Å²) in [6.07, 6.45) is 2.62. The molecule has 0 fully saturated rings. The standard InChI is InChI=1S/C14H22O/c1-11(2)10-14(15)9-8-13-7-5-4-6-12(13)3/h4-7,11,14-15H,8-10H2,1-3H3. The normalized spacial score (nSPS) is 13.1. The third kappa shape index (κ3) is 4.48. The van der Waals surface area contributed by atoms with Crippen LogP contribution in [0.15, 0.2) is 24.3 Å². The second kappa shape index (κ2) is 5.92. The van der Waals surface area contributed by atoms with Gasteiger partial charge in [-0.15, -0.1) is 0 Å². The summed E-state index contributed by atoms with van der Waals surface area (Å²) >= 11 is 0. The molecule has 0 radical (unpaired) electrons. The molecule has 1 aromatic rings. The van der Waals surface area contributed by atoms with Crippen LogP contribution >= 0.6 is 0 Å². The van der Waals surface area contributed by atoms with E-state index in [9.17, 15) is 5.11 Å². The van der Waals surface area contributed by atoms with Crippen LogP contribution in [0.2, 0.25) is 0 Å². The molecule has 0 saturated carbocycles. The van der Waals surface area contributed by atoms with Crippen LogP contribution in [0.5, 0.6) is 0 Å². The number of benzene rings is 1. The van der Waals surface area contributed by atoms with Gasteiger partial charge < -0.3 is 5.11 Å². The molecule has 1 aromatic carbocycles. The van der Waals surface area contributed by atoms with E-state index in [1.54, 1.807) is 0 Å². The van der Waals surface area contributed by atoms with Crippen molar-refractivity contribution in [1.82, 2.24) is 0 Å². The summed E-state index contributed by atoms with van der Waals surface area (Å²) in [5, 5.41) is 9.77. The molecule has 0 spiro atoms. The topological polar surface area (TPSA) is 20.2 Å². The van der Waals surface area contributed by atoms with Gasteiger partial charge in [0.2, 0.25) is 0 Å². The maximum Gasteiger partial charge on any atom is 0.0545 e. The zero-order valence-corrected chi connectivity index (χ0v) is 10.0. The van der Waals surface area contributed by atoms with E-state index >= 15 is 0 Å². The van der Waals surface area contributed by atoms with Crippen LogP contribution in [0.4, 0.5) is 0 Å². The van der Waals surface area contributed by atoms with Gasteiger partial charge >= 0.3 is 0 Å². The van der Waals surface area contributed by atoms with Crippen LogP contribution in [0.1, 0.15) is 37.8 Å². The fraction of sp³-hybridized carbons (Fsp3) is 0.571. The van der Waals surface area contributed by atoms with E-state index < -0.39 is 0 Å². The average molecular weight is 206 g/mol. The van der Waals surface area contributed by atoms with Gasteiger partial charge in [0.15, 0.2) is 0 Å². The molecule has 0 amide bonds. The van der Waals surface area contributed by atoms with Crippen LogP contribution in [-0.4, -0.2) is 11.2 Å². The summed E-state index contributed by atoms with van der Waals surface area (Å²) in [5.74, 6) is 0.580. The second-order valence-corrected chi connectivity index (χ2v) is 4.75. The first-order valence-electron chi connectivity index (χ1n) is 5.82. The van der Waals surface area contributed by atoms with E-state index in [0.717, 1.165) is 19.3 Å². The lowest BCUT2D eigenvalue weighted by molar-refractivity contribution is 0.139. The lowest BCUT2D eigenvalue weighted by Gasteiger charge is -2.13. The van der Waals surface area contributed by atoms with E-state index in [2.05, 4.69) is 45.0 Å². The molecule has 15 heavy (non-hydrogen) atoms. The molecule has 1 N–H and O–H groups in total. The van der Waals surface area contributed by atoms with Crippen LogP contribution in [0.25, 0.3) is 0 Å². The van der Waals surface area contributed by atoms with Gasteiger partial charge in [-0.1, -0.05) is 38.1 Å². The van der Waals surface area contributed by atoms with Crippen LogP contribution < -0.4 is 0 Å². The van der Waals surface area contributed by atoms with E-state index in [0.29, 0.717) is 5.92 Å². The molecule has 1 atom stereocenters. The molecule has 0 aliphatic carbocycles. The van der Waals surface area contributed by atoms with Crippen LogP contribution in [-0.2, 0) is 6.42 Å². The number of hydrogen-bond donors (Lipinski definition) is 1. The number of rotatable bonds is 5. The highest BCUT2D eigenvalue weighted by Crippen LogP contribution is 2.14. The van der Waals surface area contributed by atoms with Gasteiger partial charge in [0.05, 0.1) is 6.10 Å². The van der Waals surface area contributed by atoms with Crippen LogP contribution in [0.3, 0.4) is 0 Å². The largest absolute Gasteiger partial charge is 0.393 e. The zero-order valence-electron chi connectivity index (χ0n) is 10.0. The van der Waals surface area contributed by atoms with Gasteiger partial charge in [-0.3, -0.25) is 0 Å². The van der Waals surface area contributed by atoms with E-state index in [1.165, 1.54) is 11.1 Å². The zero-order chi connectivity index (χ0) is 11.3. The molecule has 0 aliphatic rings. The minimum atomic E-state index is -0.149. The van der Waals surface area contributed by atoms with Crippen molar-refractivity contribution >= 4 is 0 Å². The highest BCUT2D eigenvalue weighted by Gasteiger charge is 2.07. The number of aryl methyl sites for hydroxylation is 2. The lowest BCUT2D eigenvalue weighted by Crippen LogP contribution is -2.11. The molecule has 84 valence electrons. The van der Waals surface area contributed by atoms with Gasteiger partial charge in [0, 0.05) is 0 Å². The number of aliphatic hydroxyl groups is 1. The van der Waals surface area contributed by atoms with Gasteiger partial charge in [-0.05, 0) is 43.2 Å². The Bertz CT molecular complexity index is 291. The third-order valence-corrected chi connectivity index (χ3v) is 2.75. The molecule has 0 bridgehead atoms. The molecule has 1 rings (SSSR count). The first-order valence-corrected chi connectivity index (χ1v) is 5.82. The van der Waals surface area contributed by atoms with Crippen molar-refractivity contribution in [1.29, 1.82) is 0 Å². The quantitative estimate of drug-likeness (QED) is 0.783. The SMILES string of the molecule is Cc1ccccc1CCC(O)CC(C)C. The van der Waals surface area contributed by atoms with Crippen molar-refractivity contribution in [3.05, 3.63) is 35.4 Å². The fourth-order valence-electron chi connectivity index (χ4n) is 1.87. The Labute approximate surface area is 93.1 Å². The molecule has 0 aliphatic heterocycles. The number of hydrogen-bond acceptors (Lipinski definition) is 1. The van der Waals surface area contributed by atoms with E-state index in [4.69, 9.17) is 0 Å². The molecule has 0 aromatic heterocycles. The van der Waals surface area contributed by atoms with Crippen molar-refractivity contribution in [2.24, 2.45) is 5.92 Å². The third-order valence-electron chi connectivity index (χ3n) is 2.75. The minimum absolute atomic E-state index is 0.149. The van der Waals surface area contributed by atoms with E-state index in [-0.39, 0.29) is 6.10 Å². The predicted octanol–water partition coefficient (Wildman–Crippen LogP) is 3.33. The van der Waals surface area contributed by atoms with Crippen molar-refractivity contribution in [2.75, 3.05) is 0 Å². The van der Waals surface area contributed by atoms with Gasteiger partial charge in [0.1, 0.15) is 0 Å². The van der Waals surface area contributed by atoms with Crippen LogP contribution in [0, 0.1) is 12.8 Å². The van der Waals surface area contributed by atoms with Crippen molar-refractivity contribution in [3.63, 3.8) is 0 Å². The minimum Gasteiger partial charge on any atom is -0.393 e. The molecule has 0 saturated heterocycles. The first kappa shape index (κ1) is 12.3. The summed E-state index contributed by atoms with van der Waals surface area (Å²) in [6, 6.07) is 8.40. The molecular weight excluding hydrogens is 184 g/mol. The lowest BCUT2D eigenvalue weighted by atomic mass is 9.98. The highest BCUT2D eigenvalue weighted by atomic mass is 16.3. The Morgan fingerprint density at radius 2 is 1.87 bits per heavy atom. The van der Waals surface area contributed by atoms with Crippen molar-refractivity contribution < 1.29 is 5.11 Å². The summed E-state index contributed by atoms with van der Waals surface area (Å²) in [6.45, 7) is 6.43. The predicted molar refractivity (Wildman–Crippen MR) is 65.0 cm³/mol. The maximum atomic E-state index is 9.77. The monoisotopic (exact) mass is 206 g/mol. The first-order chi connectivity index (χ1) is 7.09. The Hall–Kier alpha value is -0.820. The Morgan fingerprint density at radius 1 is 1.20 bits per heavy atom. The Morgan fingerprint density at radius 3 is 2.47 bits per heavy atom. The summed E-state index contributed by atoms with van der Waals surface area (Å²) < 4.78 is 0. The van der Waals surface area contributed by atoms with E-state index in [1.807, 2.05) is 0 Å². The average Bonchev–Trinajstić information content (AvgIpc) is 2.15. The molecule has 0 heterocycles. The molecule has 1 nitrogen and oxygen atoms in total. The maximum absolute atomic E-state index is 9.77. The summed E-state index contributed by atoms with van der Waals surface area (Å²) in [4.78, 5) is 0. The fourth-order valence-corrected chi connectivity index (χ4v) is 1.87. The summed E-state index contributed by atoms with van der Waals surface area (Å²) in [7, 11) is 0. The smallest absolute Gasteiger partial charge is 0.0545 e. The molecular formula is C14H22O. The molecule has 1 heteroatoms.